The predicted molar refractivity (Wildman–Crippen MR) is 59.4 cm³/mol. The summed E-state index contributed by atoms with van der Waals surface area (Å²) < 4.78 is 0. The lowest BCUT2D eigenvalue weighted by molar-refractivity contribution is 0.391. The SMILES string of the molecule is CC(C)C(NC1=NCCN1C)C1CC1. The zero-order chi connectivity index (χ0) is 10.1. The number of aliphatic imine (C=N–C) groups is 1. The minimum Gasteiger partial charge on any atom is -0.353 e. The summed E-state index contributed by atoms with van der Waals surface area (Å²) in [6.45, 7) is 6.61. The van der Waals surface area contributed by atoms with Gasteiger partial charge in [-0.15, -0.1) is 0 Å². The topological polar surface area (TPSA) is 27.6 Å². The Labute approximate surface area is 86.6 Å². The van der Waals surface area contributed by atoms with Gasteiger partial charge in [-0.2, -0.15) is 0 Å². The Balaban J connectivity index is 1.93. The Morgan fingerprint density at radius 1 is 1.43 bits per heavy atom. The lowest BCUT2D eigenvalue weighted by Crippen LogP contribution is -2.45. The van der Waals surface area contributed by atoms with Gasteiger partial charge in [-0.05, 0) is 24.7 Å². The molecule has 1 aliphatic carbocycles. The Morgan fingerprint density at radius 2 is 2.14 bits per heavy atom. The van der Waals surface area contributed by atoms with E-state index in [0.29, 0.717) is 12.0 Å². The largest absolute Gasteiger partial charge is 0.353 e. The van der Waals surface area contributed by atoms with Crippen LogP contribution in [0.3, 0.4) is 0 Å². The first-order chi connectivity index (χ1) is 6.68. The van der Waals surface area contributed by atoms with E-state index in [0.717, 1.165) is 25.0 Å². The highest BCUT2D eigenvalue weighted by Crippen LogP contribution is 2.35. The second kappa shape index (κ2) is 3.79. The van der Waals surface area contributed by atoms with Crippen LogP contribution in [0, 0.1) is 11.8 Å². The van der Waals surface area contributed by atoms with E-state index >= 15 is 0 Å². The fraction of sp³-hybridized carbons (Fsp3) is 0.909. The van der Waals surface area contributed by atoms with E-state index < -0.39 is 0 Å². The molecule has 0 aromatic carbocycles. The third-order valence-electron chi connectivity index (χ3n) is 3.20. The molecule has 14 heavy (non-hydrogen) atoms. The van der Waals surface area contributed by atoms with Gasteiger partial charge in [0.05, 0.1) is 6.54 Å². The Morgan fingerprint density at radius 3 is 2.57 bits per heavy atom. The van der Waals surface area contributed by atoms with Crippen LogP contribution in [0.15, 0.2) is 4.99 Å². The second-order valence-electron chi connectivity index (χ2n) is 4.88. The first kappa shape index (κ1) is 9.81. The van der Waals surface area contributed by atoms with Crippen LogP contribution in [0.2, 0.25) is 0 Å². The molecular weight excluding hydrogens is 174 g/mol. The molecule has 1 fully saturated rings. The summed E-state index contributed by atoms with van der Waals surface area (Å²) >= 11 is 0. The number of nitrogens with zero attached hydrogens (tertiary/aromatic N) is 2. The summed E-state index contributed by atoms with van der Waals surface area (Å²) in [7, 11) is 2.11. The summed E-state index contributed by atoms with van der Waals surface area (Å²) in [4.78, 5) is 6.70. The van der Waals surface area contributed by atoms with Crippen LogP contribution in [-0.2, 0) is 0 Å². The van der Waals surface area contributed by atoms with E-state index in [1.807, 2.05) is 0 Å². The Bertz CT molecular complexity index is 229. The van der Waals surface area contributed by atoms with Crippen molar-refractivity contribution in [1.29, 1.82) is 0 Å². The number of guanidine groups is 1. The van der Waals surface area contributed by atoms with Crippen molar-refractivity contribution in [2.75, 3.05) is 20.1 Å². The second-order valence-corrected chi connectivity index (χ2v) is 4.88. The van der Waals surface area contributed by atoms with Gasteiger partial charge in [0, 0.05) is 19.6 Å². The lowest BCUT2D eigenvalue weighted by Gasteiger charge is -2.26. The van der Waals surface area contributed by atoms with Crippen LogP contribution < -0.4 is 5.32 Å². The molecular formula is C11H21N3. The number of hydrogen-bond acceptors (Lipinski definition) is 3. The van der Waals surface area contributed by atoms with Crippen LogP contribution in [0.5, 0.6) is 0 Å². The molecule has 0 bridgehead atoms. The fourth-order valence-electron chi connectivity index (χ4n) is 2.12. The molecule has 80 valence electrons. The van der Waals surface area contributed by atoms with E-state index in [1.54, 1.807) is 0 Å². The van der Waals surface area contributed by atoms with Crippen LogP contribution in [0.25, 0.3) is 0 Å². The Kier molecular flexibility index (Phi) is 2.66. The summed E-state index contributed by atoms with van der Waals surface area (Å²) in [5.74, 6) is 2.71. The van der Waals surface area contributed by atoms with E-state index in [2.05, 4.69) is 36.1 Å². The van der Waals surface area contributed by atoms with Gasteiger partial charge in [-0.1, -0.05) is 13.8 Å². The molecule has 1 heterocycles. The minimum atomic E-state index is 0.634. The van der Waals surface area contributed by atoms with Gasteiger partial charge in [0.1, 0.15) is 0 Å². The lowest BCUT2D eigenvalue weighted by atomic mass is 10.00. The van der Waals surface area contributed by atoms with Crippen LogP contribution >= 0.6 is 0 Å². The maximum Gasteiger partial charge on any atom is 0.194 e. The van der Waals surface area contributed by atoms with E-state index in [4.69, 9.17) is 0 Å². The summed E-state index contributed by atoms with van der Waals surface area (Å²) in [5, 5.41) is 3.60. The molecule has 0 aromatic rings. The maximum absolute atomic E-state index is 4.48. The van der Waals surface area contributed by atoms with Crippen molar-refractivity contribution in [3.8, 4) is 0 Å². The minimum absolute atomic E-state index is 0.634. The normalized spacial score (nSPS) is 24.0. The smallest absolute Gasteiger partial charge is 0.194 e. The first-order valence-corrected chi connectivity index (χ1v) is 5.70. The molecule has 3 nitrogen and oxygen atoms in total. The number of hydrogen-bond donors (Lipinski definition) is 1. The van der Waals surface area contributed by atoms with E-state index in [1.165, 1.54) is 12.8 Å². The van der Waals surface area contributed by atoms with Gasteiger partial charge < -0.3 is 10.2 Å². The molecule has 0 saturated heterocycles. The zero-order valence-electron chi connectivity index (χ0n) is 9.45. The maximum atomic E-state index is 4.48. The summed E-state index contributed by atoms with van der Waals surface area (Å²) in [6.07, 6.45) is 2.79. The van der Waals surface area contributed by atoms with Gasteiger partial charge >= 0.3 is 0 Å². The van der Waals surface area contributed by atoms with Gasteiger partial charge in [0.2, 0.25) is 0 Å². The number of likely N-dealkylation sites (N-methyl/N-ethyl adjacent to an activating group) is 1. The third-order valence-corrected chi connectivity index (χ3v) is 3.20. The summed E-state index contributed by atoms with van der Waals surface area (Å²) in [5.41, 5.74) is 0. The van der Waals surface area contributed by atoms with Crippen molar-refractivity contribution in [1.82, 2.24) is 10.2 Å². The average molecular weight is 195 g/mol. The van der Waals surface area contributed by atoms with Gasteiger partial charge in [-0.25, -0.2) is 0 Å². The molecule has 0 aromatic heterocycles. The van der Waals surface area contributed by atoms with Gasteiger partial charge in [-0.3, -0.25) is 4.99 Å². The van der Waals surface area contributed by atoms with E-state index in [9.17, 15) is 0 Å². The first-order valence-electron chi connectivity index (χ1n) is 5.70. The fourth-order valence-corrected chi connectivity index (χ4v) is 2.12. The molecule has 0 spiro atoms. The monoisotopic (exact) mass is 195 g/mol. The molecule has 3 heteroatoms. The molecule has 0 radical (unpaired) electrons. The predicted octanol–water partition coefficient (Wildman–Crippen LogP) is 1.31. The zero-order valence-corrected chi connectivity index (χ0v) is 9.45. The molecule has 2 aliphatic rings. The highest BCUT2D eigenvalue weighted by molar-refractivity contribution is 5.81. The van der Waals surface area contributed by atoms with Gasteiger partial charge in [0.15, 0.2) is 5.96 Å². The number of rotatable bonds is 3. The molecule has 1 atom stereocenters. The summed E-state index contributed by atoms with van der Waals surface area (Å²) in [6, 6.07) is 0.634. The third kappa shape index (κ3) is 2.02. The molecule has 1 saturated carbocycles. The molecule has 2 rings (SSSR count). The van der Waals surface area contributed by atoms with Crippen molar-refractivity contribution in [3.63, 3.8) is 0 Å². The standard InChI is InChI=1S/C11H21N3/c1-8(2)10(9-4-5-9)13-11-12-6-7-14(11)3/h8-10H,4-7H2,1-3H3,(H,12,13). The number of nitrogens with one attached hydrogen (secondary N) is 1. The van der Waals surface area contributed by atoms with Crippen LogP contribution in [0.1, 0.15) is 26.7 Å². The van der Waals surface area contributed by atoms with Gasteiger partial charge in [0.25, 0.3) is 0 Å². The van der Waals surface area contributed by atoms with Crippen molar-refractivity contribution < 1.29 is 0 Å². The molecule has 1 aliphatic heterocycles. The van der Waals surface area contributed by atoms with Crippen molar-refractivity contribution in [2.24, 2.45) is 16.8 Å². The average Bonchev–Trinajstić information content (AvgIpc) is 2.87. The van der Waals surface area contributed by atoms with Crippen LogP contribution in [0.4, 0.5) is 0 Å². The van der Waals surface area contributed by atoms with Crippen LogP contribution in [-0.4, -0.2) is 37.0 Å². The van der Waals surface area contributed by atoms with Crippen molar-refractivity contribution >= 4 is 5.96 Å². The van der Waals surface area contributed by atoms with Crippen molar-refractivity contribution in [3.05, 3.63) is 0 Å². The molecule has 0 amide bonds. The molecule has 1 N–H and O–H groups in total. The Hall–Kier alpha value is -0.730. The van der Waals surface area contributed by atoms with E-state index in [-0.39, 0.29) is 0 Å². The molecule has 1 unspecified atom stereocenters. The van der Waals surface area contributed by atoms with Crippen molar-refractivity contribution in [2.45, 2.75) is 32.7 Å². The highest BCUT2D eigenvalue weighted by Gasteiger charge is 2.34. The quantitative estimate of drug-likeness (QED) is 0.735. The highest BCUT2D eigenvalue weighted by atomic mass is 15.3.